The summed E-state index contributed by atoms with van der Waals surface area (Å²) in [6, 6.07) is 47.6. The van der Waals surface area contributed by atoms with Crippen molar-refractivity contribution in [2.45, 2.75) is 0 Å². The number of hydrogen-bond acceptors (Lipinski definition) is 2. The van der Waals surface area contributed by atoms with Crippen LogP contribution in [0.4, 0.5) is 0 Å². The van der Waals surface area contributed by atoms with Gasteiger partial charge in [0.05, 0.1) is 33.1 Å². The molecule has 0 saturated carbocycles. The summed E-state index contributed by atoms with van der Waals surface area (Å²) < 4.78 is 4.69. The van der Waals surface area contributed by atoms with Gasteiger partial charge in [-0.25, -0.2) is 9.97 Å². The second-order valence-corrected chi connectivity index (χ2v) is 11.0. The summed E-state index contributed by atoms with van der Waals surface area (Å²) in [5.41, 5.74) is 12.0. The summed E-state index contributed by atoms with van der Waals surface area (Å²) in [5.74, 6) is 0. The molecular weight excluding hydrogens is 512 g/mol. The maximum absolute atomic E-state index is 5.18. The first-order valence-electron chi connectivity index (χ1n) is 14.3. The zero-order chi connectivity index (χ0) is 27.4. The van der Waals surface area contributed by atoms with Crippen molar-refractivity contribution >= 4 is 71.2 Å². The third kappa shape index (κ3) is 2.76. The normalized spacial score (nSPS) is 12.3. The summed E-state index contributed by atoms with van der Waals surface area (Å²) in [5, 5.41) is 6.10. The Morgan fingerprint density at radius 2 is 1.14 bits per heavy atom. The van der Waals surface area contributed by atoms with E-state index in [9.17, 15) is 0 Å². The minimum absolute atomic E-state index is 0.908. The van der Waals surface area contributed by atoms with Gasteiger partial charge in [0.2, 0.25) is 0 Å². The molecule has 4 heteroatoms. The highest BCUT2D eigenvalue weighted by Crippen LogP contribution is 2.44. The first kappa shape index (κ1) is 22.0. The lowest BCUT2D eigenvalue weighted by molar-refractivity contribution is 1.18. The molecule has 6 aromatic carbocycles. The zero-order valence-electron chi connectivity index (χ0n) is 22.5. The van der Waals surface area contributed by atoms with Gasteiger partial charge in [-0.15, -0.1) is 0 Å². The van der Waals surface area contributed by atoms with Crippen molar-refractivity contribution in [3.8, 4) is 16.8 Å². The van der Waals surface area contributed by atoms with Gasteiger partial charge in [0, 0.05) is 32.6 Å². The Morgan fingerprint density at radius 1 is 0.476 bits per heavy atom. The molecule has 4 nitrogen and oxygen atoms in total. The molecule has 0 spiro atoms. The molecule has 0 bridgehead atoms. The van der Waals surface area contributed by atoms with E-state index in [1.807, 2.05) is 18.2 Å². The molecule has 0 aliphatic heterocycles. The van der Waals surface area contributed by atoms with E-state index >= 15 is 0 Å². The summed E-state index contributed by atoms with van der Waals surface area (Å²) in [6.45, 7) is 0. The minimum Gasteiger partial charge on any atom is -0.309 e. The third-order valence-corrected chi connectivity index (χ3v) is 8.81. The summed E-state index contributed by atoms with van der Waals surface area (Å²) >= 11 is 0. The van der Waals surface area contributed by atoms with Crippen LogP contribution in [0.25, 0.3) is 88.0 Å². The Balaban J connectivity index is 1.38. The quantitative estimate of drug-likeness (QED) is 0.221. The van der Waals surface area contributed by atoms with Crippen molar-refractivity contribution in [1.82, 2.24) is 18.9 Å². The predicted octanol–water partition coefficient (Wildman–Crippen LogP) is 9.54. The number of rotatable bonds is 2. The molecule has 0 radical (unpaired) electrons. The van der Waals surface area contributed by atoms with Crippen LogP contribution in [0.1, 0.15) is 0 Å². The van der Waals surface area contributed by atoms with Crippen molar-refractivity contribution in [3.63, 3.8) is 0 Å². The molecule has 0 fully saturated rings. The van der Waals surface area contributed by atoms with Crippen LogP contribution in [0.15, 0.2) is 133 Å². The summed E-state index contributed by atoms with van der Waals surface area (Å²) in [6.07, 6.45) is 0. The van der Waals surface area contributed by atoms with Gasteiger partial charge in [0.1, 0.15) is 5.52 Å². The van der Waals surface area contributed by atoms with Crippen LogP contribution in [-0.2, 0) is 0 Å². The molecule has 0 N–H and O–H groups in total. The van der Waals surface area contributed by atoms with Crippen molar-refractivity contribution in [1.29, 1.82) is 0 Å². The second-order valence-electron chi connectivity index (χ2n) is 11.0. The lowest BCUT2D eigenvalue weighted by Crippen LogP contribution is -1.92. The lowest BCUT2D eigenvalue weighted by atomic mass is 9.96. The number of benzene rings is 6. The van der Waals surface area contributed by atoms with Crippen molar-refractivity contribution in [2.24, 2.45) is 0 Å². The van der Waals surface area contributed by atoms with E-state index in [1.165, 1.54) is 49.2 Å². The van der Waals surface area contributed by atoms with E-state index in [2.05, 4.69) is 124 Å². The second kappa shape index (κ2) is 7.93. The largest absolute Gasteiger partial charge is 0.309 e. The number of para-hydroxylation sites is 5. The molecule has 4 aromatic heterocycles. The van der Waals surface area contributed by atoms with Crippen LogP contribution in [0, 0.1) is 0 Å². The van der Waals surface area contributed by atoms with Gasteiger partial charge in [-0.1, -0.05) is 78.9 Å². The van der Waals surface area contributed by atoms with Crippen LogP contribution < -0.4 is 0 Å². The molecule has 42 heavy (non-hydrogen) atoms. The average molecular weight is 535 g/mol. The first-order valence-corrected chi connectivity index (χ1v) is 14.3. The molecule has 0 unspecified atom stereocenters. The third-order valence-electron chi connectivity index (χ3n) is 8.81. The molecule has 0 aliphatic rings. The van der Waals surface area contributed by atoms with Crippen LogP contribution >= 0.6 is 0 Å². The highest BCUT2D eigenvalue weighted by molar-refractivity contribution is 6.25. The van der Waals surface area contributed by atoms with E-state index in [-0.39, 0.29) is 0 Å². The van der Waals surface area contributed by atoms with E-state index < -0.39 is 0 Å². The molecule has 4 heterocycles. The van der Waals surface area contributed by atoms with Crippen molar-refractivity contribution in [3.05, 3.63) is 133 Å². The zero-order valence-corrected chi connectivity index (χ0v) is 22.5. The van der Waals surface area contributed by atoms with E-state index in [0.29, 0.717) is 0 Å². The Kier molecular flexibility index (Phi) is 4.15. The maximum Gasteiger partial charge on any atom is 0.165 e. The number of aromatic nitrogens is 4. The van der Waals surface area contributed by atoms with Crippen molar-refractivity contribution in [2.75, 3.05) is 0 Å². The average Bonchev–Trinajstić information content (AvgIpc) is 3.68. The van der Waals surface area contributed by atoms with Crippen LogP contribution in [-0.4, -0.2) is 18.9 Å². The molecule has 0 amide bonds. The fourth-order valence-electron chi connectivity index (χ4n) is 7.10. The fourth-order valence-corrected chi connectivity index (χ4v) is 7.10. The molecule has 10 rings (SSSR count). The first-order chi connectivity index (χ1) is 20.8. The SMILES string of the molecule is c1ccc(-n2c3ccccc3c3c(-c4cc5c6ccccc6n6c7nc8ccccc8nc7c(c4)c56)cccc32)cc1. The standard InChI is InChI=1S/C38H22N4/c1-2-11-24(12-3-1)41-33-19-9-5-14-27(33)35-25(15-10-20-34(35)41)23-21-28-26-13-4-8-18-32(26)42-37(28)29(22-23)36-38(42)40-31-17-7-6-16-30(31)39-36/h1-22H. The number of nitrogens with zero attached hydrogens (tertiary/aromatic N) is 4. The molecule has 0 aliphatic carbocycles. The van der Waals surface area contributed by atoms with Crippen molar-refractivity contribution < 1.29 is 0 Å². The monoisotopic (exact) mass is 534 g/mol. The maximum atomic E-state index is 5.18. The van der Waals surface area contributed by atoms with Gasteiger partial charge in [-0.3, -0.25) is 4.40 Å². The van der Waals surface area contributed by atoms with Crippen LogP contribution in [0.3, 0.4) is 0 Å². The lowest BCUT2D eigenvalue weighted by Gasteiger charge is -2.09. The molecule has 0 saturated heterocycles. The Labute approximate surface area is 240 Å². The van der Waals surface area contributed by atoms with E-state index in [0.717, 1.165) is 38.8 Å². The van der Waals surface area contributed by atoms with Gasteiger partial charge in [0.25, 0.3) is 0 Å². The fraction of sp³-hybridized carbons (Fsp3) is 0. The minimum atomic E-state index is 0.908. The highest BCUT2D eigenvalue weighted by atomic mass is 15.0. The summed E-state index contributed by atoms with van der Waals surface area (Å²) in [4.78, 5) is 10.3. The van der Waals surface area contributed by atoms with Crippen LogP contribution in [0.2, 0.25) is 0 Å². The van der Waals surface area contributed by atoms with Crippen LogP contribution in [0.5, 0.6) is 0 Å². The van der Waals surface area contributed by atoms with E-state index in [1.54, 1.807) is 0 Å². The van der Waals surface area contributed by atoms with Gasteiger partial charge >= 0.3 is 0 Å². The smallest absolute Gasteiger partial charge is 0.165 e. The van der Waals surface area contributed by atoms with Gasteiger partial charge < -0.3 is 4.57 Å². The Bertz CT molecular complexity index is 2680. The Hall–Kier alpha value is -5.74. The van der Waals surface area contributed by atoms with Gasteiger partial charge in [-0.2, -0.15) is 0 Å². The van der Waals surface area contributed by atoms with Gasteiger partial charge in [-0.05, 0) is 65.7 Å². The molecule has 10 aromatic rings. The predicted molar refractivity (Wildman–Crippen MR) is 174 cm³/mol. The topological polar surface area (TPSA) is 35.1 Å². The Morgan fingerprint density at radius 3 is 2.00 bits per heavy atom. The number of fused-ring (bicyclic) bond motifs is 10. The van der Waals surface area contributed by atoms with Gasteiger partial charge in [0.15, 0.2) is 5.65 Å². The van der Waals surface area contributed by atoms with E-state index in [4.69, 9.17) is 9.97 Å². The molecule has 194 valence electrons. The highest BCUT2D eigenvalue weighted by Gasteiger charge is 2.22. The molecule has 0 atom stereocenters. The number of hydrogen-bond donors (Lipinski definition) is 0. The molecular formula is C38H22N4. The summed E-state index contributed by atoms with van der Waals surface area (Å²) in [7, 11) is 0.